The number of aromatic nitrogens is 3. The number of aliphatic imine (C=N–C) groups is 1. The highest BCUT2D eigenvalue weighted by Gasteiger charge is 2.05. The molecule has 25 heavy (non-hydrogen) atoms. The minimum Gasteiger partial charge on any atom is -0.497 e. The summed E-state index contributed by atoms with van der Waals surface area (Å²) in [6.45, 7) is 1.39. The average molecular weight is 338 g/mol. The number of nitrogens with zero attached hydrogens (tertiary/aromatic N) is 4. The van der Waals surface area contributed by atoms with Gasteiger partial charge in [0.1, 0.15) is 11.6 Å². The predicted molar refractivity (Wildman–Crippen MR) is 97.9 cm³/mol. The van der Waals surface area contributed by atoms with Crippen molar-refractivity contribution in [2.24, 2.45) is 4.99 Å². The Balaban J connectivity index is 1.51. The maximum Gasteiger partial charge on any atom is 0.191 e. The zero-order valence-electron chi connectivity index (χ0n) is 14.4. The monoisotopic (exact) mass is 338 g/mol. The van der Waals surface area contributed by atoms with E-state index in [0.29, 0.717) is 13.1 Å². The Morgan fingerprint density at radius 2 is 2.08 bits per heavy atom. The van der Waals surface area contributed by atoms with Crippen LogP contribution in [0.3, 0.4) is 0 Å². The van der Waals surface area contributed by atoms with Crippen molar-refractivity contribution in [3.63, 3.8) is 0 Å². The van der Waals surface area contributed by atoms with Crippen molar-refractivity contribution in [1.29, 1.82) is 0 Å². The molecule has 0 amide bonds. The summed E-state index contributed by atoms with van der Waals surface area (Å²) in [5.41, 5.74) is 1.99. The first-order chi connectivity index (χ1) is 12.3. The summed E-state index contributed by atoms with van der Waals surface area (Å²) in [4.78, 5) is 4.25. The Hall–Kier alpha value is -3.09. The van der Waals surface area contributed by atoms with Crippen LogP contribution in [0.2, 0.25) is 0 Å². The number of hydrogen-bond acceptors (Lipinski definition) is 4. The zero-order valence-corrected chi connectivity index (χ0v) is 14.4. The first-order valence-electron chi connectivity index (χ1n) is 8.16. The molecule has 0 aliphatic rings. The molecule has 0 aliphatic heterocycles. The fourth-order valence-electron chi connectivity index (χ4n) is 2.54. The molecule has 2 N–H and O–H groups in total. The van der Waals surface area contributed by atoms with Crippen LogP contribution < -0.4 is 15.4 Å². The first-order valence-corrected chi connectivity index (χ1v) is 8.16. The molecule has 130 valence electrons. The third kappa shape index (κ3) is 4.26. The van der Waals surface area contributed by atoms with E-state index in [4.69, 9.17) is 4.74 Å². The number of pyridine rings is 1. The summed E-state index contributed by atoms with van der Waals surface area (Å²) >= 11 is 0. The fraction of sp³-hybridized carbons (Fsp3) is 0.278. The smallest absolute Gasteiger partial charge is 0.191 e. The largest absolute Gasteiger partial charge is 0.497 e. The maximum atomic E-state index is 5.24. The minimum atomic E-state index is 0.671. The first kappa shape index (κ1) is 16.8. The van der Waals surface area contributed by atoms with E-state index in [-0.39, 0.29) is 0 Å². The van der Waals surface area contributed by atoms with E-state index in [9.17, 15) is 0 Å². The lowest BCUT2D eigenvalue weighted by Crippen LogP contribution is -2.38. The molecule has 0 aliphatic carbocycles. The van der Waals surface area contributed by atoms with Crippen LogP contribution in [0.5, 0.6) is 5.75 Å². The Bertz CT molecular complexity index is 857. The number of nitrogens with one attached hydrogen (secondary N) is 2. The van der Waals surface area contributed by atoms with Gasteiger partial charge in [-0.05, 0) is 29.8 Å². The van der Waals surface area contributed by atoms with Gasteiger partial charge >= 0.3 is 0 Å². The van der Waals surface area contributed by atoms with Crippen molar-refractivity contribution in [2.75, 3.05) is 20.7 Å². The summed E-state index contributed by atoms with van der Waals surface area (Å²) in [7, 11) is 3.43. The van der Waals surface area contributed by atoms with Crippen LogP contribution in [-0.4, -0.2) is 41.3 Å². The highest BCUT2D eigenvalue weighted by Crippen LogP contribution is 2.12. The number of methoxy groups -OCH3 is 1. The van der Waals surface area contributed by atoms with Crippen LogP contribution in [-0.2, 0) is 13.0 Å². The molecular weight excluding hydrogens is 316 g/mol. The lowest BCUT2D eigenvalue weighted by molar-refractivity contribution is 0.414. The average Bonchev–Trinajstić information content (AvgIpc) is 3.08. The van der Waals surface area contributed by atoms with Gasteiger partial charge in [-0.1, -0.05) is 18.2 Å². The Morgan fingerprint density at radius 3 is 2.92 bits per heavy atom. The van der Waals surface area contributed by atoms with Gasteiger partial charge in [-0.25, -0.2) is 0 Å². The number of guanidine groups is 1. The van der Waals surface area contributed by atoms with Crippen molar-refractivity contribution in [1.82, 2.24) is 25.2 Å². The number of benzene rings is 1. The molecular formula is C18H22N6O. The van der Waals surface area contributed by atoms with Crippen molar-refractivity contribution in [3.8, 4) is 5.75 Å². The molecule has 7 heteroatoms. The zero-order chi connectivity index (χ0) is 17.5. The van der Waals surface area contributed by atoms with Gasteiger partial charge in [0.05, 0.1) is 7.11 Å². The van der Waals surface area contributed by atoms with Crippen LogP contribution in [0.15, 0.2) is 53.7 Å². The summed E-state index contributed by atoms with van der Waals surface area (Å²) in [5, 5.41) is 15.0. The summed E-state index contributed by atoms with van der Waals surface area (Å²) in [5.74, 6) is 2.52. The Labute approximate surface area is 146 Å². The second-order valence-electron chi connectivity index (χ2n) is 5.50. The van der Waals surface area contributed by atoms with Gasteiger partial charge in [0.2, 0.25) is 0 Å². The van der Waals surface area contributed by atoms with Crippen LogP contribution in [0.1, 0.15) is 11.4 Å². The molecule has 0 radical (unpaired) electrons. The van der Waals surface area contributed by atoms with Crippen molar-refractivity contribution < 1.29 is 4.74 Å². The Kier molecular flexibility index (Phi) is 5.46. The number of ether oxygens (including phenoxy) is 1. The molecule has 0 fully saturated rings. The predicted octanol–water partition coefficient (Wildman–Crippen LogP) is 1.65. The van der Waals surface area contributed by atoms with Gasteiger partial charge in [-0.2, -0.15) is 0 Å². The van der Waals surface area contributed by atoms with Gasteiger partial charge < -0.3 is 15.4 Å². The second kappa shape index (κ2) is 8.14. The molecule has 0 bridgehead atoms. The normalized spacial score (nSPS) is 11.5. The molecule has 0 atom stereocenters. The van der Waals surface area contributed by atoms with Crippen molar-refractivity contribution >= 4 is 11.6 Å². The van der Waals surface area contributed by atoms with Crippen LogP contribution in [0.25, 0.3) is 5.65 Å². The van der Waals surface area contributed by atoms with E-state index in [1.54, 1.807) is 14.2 Å². The maximum absolute atomic E-state index is 5.24. The van der Waals surface area contributed by atoms with Gasteiger partial charge in [0.25, 0.3) is 0 Å². The molecule has 0 saturated carbocycles. The second-order valence-corrected chi connectivity index (χ2v) is 5.50. The van der Waals surface area contributed by atoms with Crippen molar-refractivity contribution in [2.45, 2.75) is 13.0 Å². The number of rotatable bonds is 6. The van der Waals surface area contributed by atoms with E-state index in [1.165, 1.54) is 0 Å². The van der Waals surface area contributed by atoms with E-state index in [2.05, 4.69) is 25.8 Å². The lowest BCUT2D eigenvalue weighted by Gasteiger charge is -2.12. The molecule has 0 spiro atoms. The SMILES string of the molecule is CN=C(NCCc1nnc2ccccn12)NCc1cccc(OC)c1. The quantitative estimate of drug-likeness (QED) is 0.528. The van der Waals surface area contributed by atoms with Crippen LogP contribution in [0.4, 0.5) is 0 Å². The molecule has 3 aromatic rings. The van der Waals surface area contributed by atoms with Crippen LogP contribution >= 0.6 is 0 Å². The van der Waals surface area contributed by atoms with Crippen LogP contribution in [0, 0.1) is 0 Å². The molecule has 2 aromatic heterocycles. The van der Waals surface area contributed by atoms with Crippen molar-refractivity contribution in [3.05, 3.63) is 60.0 Å². The third-order valence-electron chi connectivity index (χ3n) is 3.84. The summed E-state index contributed by atoms with van der Waals surface area (Å²) < 4.78 is 7.23. The standard InChI is InChI=1S/C18H22N6O/c1-19-18(21-13-14-6-5-7-15(12-14)25-2)20-10-9-17-23-22-16-8-3-4-11-24(16)17/h3-8,11-12H,9-10,13H2,1-2H3,(H2,19,20,21). The van der Waals surface area contributed by atoms with Gasteiger partial charge in [0.15, 0.2) is 11.6 Å². The third-order valence-corrected chi connectivity index (χ3v) is 3.84. The minimum absolute atomic E-state index is 0.671. The fourth-order valence-corrected chi connectivity index (χ4v) is 2.54. The van der Waals surface area contributed by atoms with Gasteiger partial charge in [-0.15, -0.1) is 10.2 Å². The van der Waals surface area contributed by atoms with E-state index >= 15 is 0 Å². The molecule has 2 heterocycles. The molecule has 1 aromatic carbocycles. The molecule has 0 saturated heterocycles. The van der Waals surface area contributed by atoms with E-state index in [1.807, 2.05) is 53.1 Å². The number of fused-ring (bicyclic) bond motifs is 1. The lowest BCUT2D eigenvalue weighted by atomic mass is 10.2. The topological polar surface area (TPSA) is 75.8 Å². The highest BCUT2D eigenvalue weighted by atomic mass is 16.5. The molecule has 7 nitrogen and oxygen atoms in total. The molecule has 3 rings (SSSR count). The van der Waals surface area contributed by atoms with E-state index < -0.39 is 0 Å². The molecule has 0 unspecified atom stereocenters. The van der Waals surface area contributed by atoms with E-state index in [0.717, 1.165) is 35.2 Å². The van der Waals surface area contributed by atoms with Gasteiger partial charge in [0, 0.05) is 32.8 Å². The summed E-state index contributed by atoms with van der Waals surface area (Å²) in [6, 6.07) is 13.8. The Morgan fingerprint density at radius 1 is 1.16 bits per heavy atom. The summed E-state index contributed by atoms with van der Waals surface area (Å²) in [6.07, 6.45) is 2.73. The van der Waals surface area contributed by atoms with Gasteiger partial charge in [-0.3, -0.25) is 9.39 Å². The number of hydrogen-bond donors (Lipinski definition) is 2. The highest BCUT2D eigenvalue weighted by molar-refractivity contribution is 5.79.